The highest BCUT2D eigenvalue weighted by Crippen LogP contribution is 2.19. The molecule has 3 rings (SSSR count). The van der Waals surface area contributed by atoms with E-state index in [2.05, 4.69) is 11.0 Å². The first kappa shape index (κ1) is 16.0. The lowest BCUT2D eigenvalue weighted by Crippen LogP contribution is -2.54. The molecule has 0 saturated carbocycles. The first-order valence-corrected chi connectivity index (χ1v) is 8.26. The lowest BCUT2D eigenvalue weighted by atomic mass is 10.00. The molecule has 1 aromatic rings. The standard InChI is InChI=1S/C17H24N4O2/c18-6-8-19-9-11-20(12-10-19)16(22)17(23)21-7-5-14-3-1-2-4-15(14)13-21/h1-4H,5-13,18H2. The van der Waals surface area contributed by atoms with Crippen molar-refractivity contribution < 1.29 is 9.59 Å². The summed E-state index contributed by atoms with van der Waals surface area (Å²) in [6, 6.07) is 8.12. The van der Waals surface area contributed by atoms with Gasteiger partial charge in [-0.05, 0) is 17.5 Å². The molecule has 6 heteroatoms. The molecule has 1 saturated heterocycles. The number of nitrogens with two attached hydrogens (primary N) is 1. The summed E-state index contributed by atoms with van der Waals surface area (Å²) < 4.78 is 0. The van der Waals surface area contributed by atoms with Crippen LogP contribution in [0.1, 0.15) is 11.1 Å². The minimum absolute atomic E-state index is 0.364. The Morgan fingerprint density at radius 2 is 1.57 bits per heavy atom. The second kappa shape index (κ2) is 7.10. The molecule has 2 amide bonds. The Morgan fingerprint density at radius 1 is 0.913 bits per heavy atom. The van der Waals surface area contributed by atoms with Gasteiger partial charge in [-0.25, -0.2) is 0 Å². The molecule has 124 valence electrons. The Bertz CT molecular complexity index is 582. The highest BCUT2D eigenvalue weighted by atomic mass is 16.2. The predicted molar refractivity (Wildman–Crippen MR) is 87.6 cm³/mol. The van der Waals surface area contributed by atoms with Crippen LogP contribution in [-0.2, 0) is 22.6 Å². The van der Waals surface area contributed by atoms with Crippen molar-refractivity contribution >= 4 is 11.8 Å². The van der Waals surface area contributed by atoms with E-state index in [-0.39, 0.29) is 11.8 Å². The van der Waals surface area contributed by atoms with Gasteiger partial charge in [-0.1, -0.05) is 24.3 Å². The Labute approximate surface area is 136 Å². The number of benzene rings is 1. The van der Waals surface area contributed by atoms with Gasteiger partial charge in [-0.2, -0.15) is 0 Å². The molecule has 0 aromatic heterocycles. The van der Waals surface area contributed by atoms with Gasteiger partial charge in [-0.3, -0.25) is 14.5 Å². The third-order valence-electron chi connectivity index (χ3n) is 4.71. The molecule has 0 unspecified atom stereocenters. The quantitative estimate of drug-likeness (QED) is 0.759. The Kier molecular flexibility index (Phi) is 4.93. The van der Waals surface area contributed by atoms with Crippen molar-refractivity contribution in [2.24, 2.45) is 5.73 Å². The molecular weight excluding hydrogens is 292 g/mol. The molecule has 1 fully saturated rings. The van der Waals surface area contributed by atoms with Gasteiger partial charge in [0.25, 0.3) is 0 Å². The van der Waals surface area contributed by atoms with Gasteiger partial charge >= 0.3 is 11.8 Å². The number of amides is 2. The van der Waals surface area contributed by atoms with E-state index in [9.17, 15) is 9.59 Å². The summed E-state index contributed by atoms with van der Waals surface area (Å²) in [6.45, 7) is 5.42. The van der Waals surface area contributed by atoms with E-state index in [0.717, 1.165) is 31.6 Å². The molecule has 2 N–H and O–H groups in total. The number of hydrogen-bond donors (Lipinski definition) is 1. The average molecular weight is 316 g/mol. The van der Waals surface area contributed by atoms with Gasteiger partial charge in [0.1, 0.15) is 0 Å². The van der Waals surface area contributed by atoms with Crippen molar-refractivity contribution in [3.63, 3.8) is 0 Å². The minimum atomic E-state index is -0.369. The van der Waals surface area contributed by atoms with Crippen LogP contribution in [0.3, 0.4) is 0 Å². The maximum absolute atomic E-state index is 12.5. The molecular formula is C17H24N4O2. The molecule has 0 spiro atoms. The molecule has 0 aliphatic carbocycles. The van der Waals surface area contributed by atoms with E-state index in [0.29, 0.717) is 32.7 Å². The SMILES string of the molecule is NCCN1CCN(C(=O)C(=O)N2CCc3ccccc3C2)CC1. The van der Waals surface area contributed by atoms with Crippen LogP contribution in [0.25, 0.3) is 0 Å². The summed E-state index contributed by atoms with van der Waals surface area (Å²) in [5, 5.41) is 0. The van der Waals surface area contributed by atoms with E-state index >= 15 is 0 Å². The number of hydrogen-bond acceptors (Lipinski definition) is 4. The van der Waals surface area contributed by atoms with Crippen LogP contribution in [0.4, 0.5) is 0 Å². The molecule has 6 nitrogen and oxygen atoms in total. The number of nitrogens with zero attached hydrogens (tertiary/aromatic N) is 3. The highest BCUT2D eigenvalue weighted by Gasteiger charge is 2.31. The fourth-order valence-corrected chi connectivity index (χ4v) is 3.30. The predicted octanol–water partition coefficient (Wildman–Crippen LogP) is -0.326. The van der Waals surface area contributed by atoms with E-state index in [1.165, 1.54) is 5.56 Å². The zero-order chi connectivity index (χ0) is 16.2. The molecule has 0 radical (unpaired) electrons. The highest BCUT2D eigenvalue weighted by molar-refractivity contribution is 6.34. The second-order valence-electron chi connectivity index (χ2n) is 6.17. The normalized spacial score (nSPS) is 18.7. The van der Waals surface area contributed by atoms with E-state index < -0.39 is 0 Å². The summed E-state index contributed by atoms with van der Waals surface area (Å²) in [7, 11) is 0. The summed E-state index contributed by atoms with van der Waals surface area (Å²) in [5.74, 6) is -0.733. The fourth-order valence-electron chi connectivity index (χ4n) is 3.30. The molecule has 2 heterocycles. The zero-order valence-electron chi connectivity index (χ0n) is 13.4. The van der Waals surface area contributed by atoms with Crippen LogP contribution in [0.2, 0.25) is 0 Å². The van der Waals surface area contributed by atoms with Crippen LogP contribution in [0, 0.1) is 0 Å². The van der Waals surface area contributed by atoms with Crippen molar-refractivity contribution in [1.82, 2.24) is 14.7 Å². The van der Waals surface area contributed by atoms with Crippen LogP contribution in [0.15, 0.2) is 24.3 Å². The number of fused-ring (bicyclic) bond motifs is 1. The summed E-state index contributed by atoms with van der Waals surface area (Å²) in [5.41, 5.74) is 7.98. The van der Waals surface area contributed by atoms with Gasteiger partial charge in [0.15, 0.2) is 0 Å². The van der Waals surface area contributed by atoms with Gasteiger partial charge < -0.3 is 15.5 Å². The molecule has 2 aliphatic rings. The number of carbonyl (C=O) groups excluding carboxylic acids is 2. The van der Waals surface area contributed by atoms with E-state index in [1.807, 2.05) is 18.2 Å². The van der Waals surface area contributed by atoms with Crippen LogP contribution >= 0.6 is 0 Å². The van der Waals surface area contributed by atoms with Crippen molar-refractivity contribution in [3.05, 3.63) is 35.4 Å². The third kappa shape index (κ3) is 3.54. The van der Waals surface area contributed by atoms with E-state index in [4.69, 9.17) is 5.73 Å². The van der Waals surface area contributed by atoms with Crippen LogP contribution in [-0.4, -0.2) is 72.3 Å². The maximum atomic E-state index is 12.5. The first-order chi connectivity index (χ1) is 11.2. The minimum Gasteiger partial charge on any atom is -0.332 e. The number of rotatable bonds is 2. The van der Waals surface area contributed by atoms with Gasteiger partial charge in [0.05, 0.1) is 0 Å². The lowest BCUT2D eigenvalue weighted by molar-refractivity contribution is -0.153. The van der Waals surface area contributed by atoms with E-state index in [1.54, 1.807) is 9.80 Å². The largest absolute Gasteiger partial charge is 0.332 e. The molecule has 2 aliphatic heterocycles. The van der Waals surface area contributed by atoms with Crippen LogP contribution in [0.5, 0.6) is 0 Å². The van der Waals surface area contributed by atoms with Crippen molar-refractivity contribution in [1.29, 1.82) is 0 Å². The molecule has 23 heavy (non-hydrogen) atoms. The second-order valence-corrected chi connectivity index (χ2v) is 6.17. The Morgan fingerprint density at radius 3 is 2.26 bits per heavy atom. The lowest BCUT2D eigenvalue weighted by Gasteiger charge is -2.36. The van der Waals surface area contributed by atoms with Crippen molar-refractivity contribution in [2.45, 2.75) is 13.0 Å². The van der Waals surface area contributed by atoms with Crippen molar-refractivity contribution in [3.8, 4) is 0 Å². The summed E-state index contributed by atoms with van der Waals surface area (Å²) in [6.07, 6.45) is 0.819. The first-order valence-electron chi connectivity index (χ1n) is 8.26. The molecule has 1 aromatic carbocycles. The summed E-state index contributed by atoms with van der Waals surface area (Å²) >= 11 is 0. The summed E-state index contributed by atoms with van der Waals surface area (Å²) in [4.78, 5) is 30.6. The van der Waals surface area contributed by atoms with Gasteiger partial charge in [0, 0.05) is 52.4 Å². The van der Waals surface area contributed by atoms with Crippen LogP contribution < -0.4 is 5.73 Å². The monoisotopic (exact) mass is 316 g/mol. The number of carbonyl (C=O) groups is 2. The van der Waals surface area contributed by atoms with Crippen molar-refractivity contribution in [2.75, 3.05) is 45.8 Å². The maximum Gasteiger partial charge on any atom is 0.312 e. The third-order valence-corrected chi connectivity index (χ3v) is 4.71. The zero-order valence-corrected chi connectivity index (χ0v) is 13.4. The molecule has 0 atom stereocenters. The fraction of sp³-hybridized carbons (Fsp3) is 0.529. The van der Waals surface area contributed by atoms with Gasteiger partial charge in [0.2, 0.25) is 0 Å². The molecule has 0 bridgehead atoms. The Hall–Kier alpha value is -1.92. The topological polar surface area (TPSA) is 69.9 Å². The average Bonchev–Trinajstić information content (AvgIpc) is 2.61. The Balaban J connectivity index is 1.58. The number of piperazine rings is 1. The smallest absolute Gasteiger partial charge is 0.312 e. The van der Waals surface area contributed by atoms with Gasteiger partial charge in [-0.15, -0.1) is 0 Å².